The highest BCUT2D eigenvalue weighted by molar-refractivity contribution is 7.86. The molecule has 0 aliphatic carbocycles. The van der Waals surface area contributed by atoms with Crippen LogP contribution in [0.5, 0.6) is 0 Å². The number of rotatable bonds is 6. The molecule has 2 aliphatic rings. The second kappa shape index (κ2) is 8.25. The molecule has 23 heavy (non-hydrogen) atoms. The molecule has 6 nitrogen and oxygen atoms in total. The first-order chi connectivity index (χ1) is 10.9. The van der Waals surface area contributed by atoms with E-state index >= 15 is 0 Å². The SMILES string of the molecule is CCN(CC)CC1CCN(S(=O)(=O)N2C[C@@H](C)O[C@H](C)C2)CC1. The van der Waals surface area contributed by atoms with Crippen LogP contribution >= 0.6 is 0 Å². The summed E-state index contributed by atoms with van der Waals surface area (Å²) in [5.41, 5.74) is 0. The molecular weight excluding hydrogens is 314 g/mol. The molecule has 0 N–H and O–H groups in total. The molecule has 2 aliphatic heterocycles. The van der Waals surface area contributed by atoms with Crippen LogP contribution in [0.4, 0.5) is 0 Å². The van der Waals surface area contributed by atoms with Gasteiger partial charge in [0.05, 0.1) is 12.2 Å². The zero-order chi connectivity index (χ0) is 17.0. The Kier molecular flexibility index (Phi) is 6.86. The van der Waals surface area contributed by atoms with Crippen LogP contribution in [-0.4, -0.2) is 79.9 Å². The van der Waals surface area contributed by atoms with Gasteiger partial charge in [0.2, 0.25) is 0 Å². The maximum absolute atomic E-state index is 12.9. The van der Waals surface area contributed by atoms with Gasteiger partial charge in [0, 0.05) is 32.7 Å². The lowest BCUT2D eigenvalue weighted by molar-refractivity contribution is -0.0457. The minimum atomic E-state index is -3.34. The fourth-order valence-corrected chi connectivity index (χ4v) is 5.45. The molecule has 0 saturated carbocycles. The van der Waals surface area contributed by atoms with Crippen LogP contribution in [0.1, 0.15) is 40.5 Å². The average Bonchev–Trinajstić information content (AvgIpc) is 2.52. The van der Waals surface area contributed by atoms with Gasteiger partial charge >= 0.3 is 0 Å². The molecule has 2 atom stereocenters. The summed E-state index contributed by atoms with van der Waals surface area (Å²) in [6.45, 7) is 13.7. The molecule has 0 bridgehead atoms. The van der Waals surface area contributed by atoms with Gasteiger partial charge in [-0.05, 0) is 45.7 Å². The fraction of sp³-hybridized carbons (Fsp3) is 1.00. The third kappa shape index (κ3) is 4.89. The van der Waals surface area contributed by atoms with Crippen molar-refractivity contribution in [3.8, 4) is 0 Å². The number of piperidine rings is 1. The van der Waals surface area contributed by atoms with Crippen LogP contribution in [0.15, 0.2) is 0 Å². The number of hydrogen-bond acceptors (Lipinski definition) is 4. The van der Waals surface area contributed by atoms with E-state index < -0.39 is 10.2 Å². The molecule has 136 valence electrons. The van der Waals surface area contributed by atoms with Gasteiger partial charge in [-0.1, -0.05) is 13.8 Å². The third-order valence-corrected chi connectivity index (χ3v) is 6.99. The number of nitrogens with zero attached hydrogens (tertiary/aromatic N) is 3. The largest absolute Gasteiger partial charge is 0.373 e. The topological polar surface area (TPSA) is 53.1 Å². The van der Waals surface area contributed by atoms with Crippen molar-refractivity contribution in [3.05, 3.63) is 0 Å². The van der Waals surface area contributed by atoms with Crippen LogP contribution in [-0.2, 0) is 14.9 Å². The van der Waals surface area contributed by atoms with Crippen LogP contribution in [0.25, 0.3) is 0 Å². The second-order valence-corrected chi connectivity index (χ2v) is 8.84. The summed E-state index contributed by atoms with van der Waals surface area (Å²) in [7, 11) is -3.34. The van der Waals surface area contributed by atoms with Gasteiger partial charge in [0.25, 0.3) is 10.2 Å². The van der Waals surface area contributed by atoms with Gasteiger partial charge in [-0.15, -0.1) is 0 Å². The monoisotopic (exact) mass is 347 g/mol. The summed E-state index contributed by atoms with van der Waals surface area (Å²) in [4.78, 5) is 2.43. The number of ether oxygens (including phenoxy) is 1. The van der Waals surface area contributed by atoms with E-state index in [9.17, 15) is 8.42 Å². The van der Waals surface area contributed by atoms with Gasteiger partial charge in [-0.3, -0.25) is 0 Å². The molecule has 0 radical (unpaired) electrons. The Labute approximate surface area is 141 Å². The maximum Gasteiger partial charge on any atom is 0.282 e. The smallest absolute Gasteiger partial charge is 0.282 e. The fourth-order valence-electron chi connectivity index (χ4n) is 3.65. The molecule has 0 amide bonds. The van der Waals surface area contributed by atoms with Crippen molar-refractivity contribution in [2.24, 2.45) is 5.92 Å². The Morgan fingerprint density at radius 1 is 1.00 bits per heavy atom. The summed E-state index contributed by atoms with van der Waals surface area (Å²) in [5.74, 6) is 0.615. The second-order valence-electron chi connectivity index (χ2n) is 6.91. The van der Waals surface area contributed by atoms with Crippen molar-refractivity contribution in [2.45, 2.75) is 52.7 Å². The zero-order valence-electron chi connectivity index (χ0n) is 15.1. The van der Waals surface area contributed by atoms with Gasteiger partial charge < -0.3 is 9.64 Å². The Morgan fingerprint density at radius 2 is 1.52 bits per heavy atom. The standard InChI is InChI=1S/C16H33N3O3S/c1-5-17(6-2)13-16-7-9-18(10-8-16)23(20,21)19-11-14(3)22-15(4)12-19/h14-16H,5-13H2,1-4H3/t14-,15-/m1/s1. The summed E-state index contributed by atoms with van der Waals surface area (Å²) >= 11 is 0. The normalized spacial score (nSPS) is 29.3. The van der Waals surface area contributed by atoms with Gasteiger partial charge in [0.15, 0.2) is 0 Å². The highest BCUT2D eigenvalue weighted by atomic mass is 32.2. The first kappa shape index (κ1) is 19.1. The predicted molar refractivity (Wildman–Crippen MR) is 92.6 cm³/mol. The minimum absolute atomic E-state index is 0.0336. The molecular formula is C16H33N3O3S. The Balaban J connectivity index is 1.90. The van der Waals surface area contributed by atoms with Crippen LogP contribution in [0.2, 0.25) is 0 Å². The van der Waals surface area contributed by atoms with Gasteiger partial charge in [-0.25, -0.2) is 0 Å². The van der Waals surface area contributed by atoms with Crippen molar-refractivity contribution in [3.63, 3.8) is 0 Å². The molecule has 2 fully saturated rings. The van der Waals surface area contributed by atoms with Crippen LogP contribution in [0.3, 0.4) is 0 Å². The van der Waals surface area contributed by atoms with E-state index in [0.717, 1.165) is 32.5 Å². The number of morpholine rings is 1. The quantitative estimate of drug-likeness (QED) is 0.729. The Morgan fingerprint density at radius 3 is 2.00 bits per heavy atom. The van der Waals surface area contributed by atoms with E-state index in [4.69, 9.17) is 4.74 Å². The molecule has 2 heterocycles. The third-order valence-electron chi connectivity index (χ3n) is 5.02. The van der Waals surface area contributed by atoms with Crippen molar-refractivity contribution < 1.29 is 13.2 Å². The number of hydrogen-bond donors (Lipinski definition) is 0. The molecule has 0 aromatic heterocycles. The lowest BCUT2D eigenvalue weighted by Crippen LogP contribution is -2.54. The van der Waals surface area contributed by atoms with Crippen LogP contribution < -0.4 is 0 Å². The van der Waals surface area contributed by atoms with E-state index in [1.807, 2.05) is 13.8 Å². The zero-order valence-corrected chi connectivity index (χ0v) is 15.9. The average molecular weight is 348 g/mol. The van der Waals surface area contributed by atoms with E-state index in [1.54, 1.807) is 8.61 Å². The highest BCUT2D eigenvalue weighted by Crippen LogP contribution is 2.24. The summed E-state index contributed by atoms with van der Waals surface area (Å²) in [6.07, 6.45) is 1.86. The van der Waals surface area contributed by atoms with Crippen molar-refractivity contribution in [1.29, 1.82) is 0 Å². The summed E-state index contributed by atoms with van der Waals surface area (Å²) in [6, 6.07) is 0. The highest BCUT2D eigenvalue weighted by Gasteiger charge is 2.37. The van der Waals surface area contributed by atoms with E-state index in [-0.39, 0.29) is 12.2 Å². The Hall–Kier alpha value is -0.210. The van der Waals surface area contributed by atoms with E-state index in [1.165, 1.54) is 0 Å². The molecule has 2 saturated heterocycles. The van der Waals surface area contributed by atoms with Crippen LogP contribution in [0, 0.1) is 5.92 Å². The molecule has 0 unspecified atom stereocenters. The van der Waals surface area contributed by atoms with Crippen molar-refractivity contribution in [2.75, 3.05) is 45.8 Å². The van der Waals surface area contributed by atoms with Crippen molar-refractivity contribution in [1.82, 2.24) is 13.5 Å². The first-order valence-corrected chi connectivity index (χ1v) is 10.4. The molecule has 0 aromatic carbocycles. The van der Waals surface area contributed by atoms with E-state index in [2.05, 4.69) is 18.7 Å². The molecule has 0 spiro atoms. The van der Waals surface area contributed by atoms with Gasteiger partial charge in [0.1, 0.15) is 0 Å². The lowest BCUT2D eigenvalue weighted by atomic mass is 9.97. The maximum atomic E-state index is 12.9. The van der Waals surface area contributed by atoms with E-state index in [0.29, 0.717) is 32.1 Å². The summed E-state index contributed by atoms with van der Waals surface area (Å²) < 4.78 is 34.7. The predicted octanol–water partition coefficient (Wildman–Crippen LogP) is 1.39. The molecule has 2 rings (SSSR count). The summed E-state index contributed by atoms with van der Waals surface area (Å²) in [5, 5.41) is 0. The first-order valence-electron chi connectivity index (χ1n) is 8.99. The van der Waals surface area contributed by atoms with Gasteiger partial charge in [-0.2, -0.15) is 17.0 Å². The minimum Gasteiger partial charge on any atom is -0.373 e. The van der Waals surface area contributed by atoms with Crippen molar-refractivity contribution >= 4 is 10.2 Å². The Bertz CT molecular complexity index is 449. The lowest BCUT2D eigenvalue weighted by Gasteiger charge is -2.40. The molecule has 0 aromatic rings. The molecule has 7 heteroatoms.